The van der Waals surface area contributed by atoms with Crippen LogP contribution in [0.3, 0.4) is 0 Å². The number of carbonyl (C=O) groups is 2. The zero-order valence-corrected chi connectivity index (χ0v) is 33.0. The molecule has 0 saturated carbocycles. The first kappa shape index (κ1) is 45.0. The minimum absolute atomic E-state index is 0. The van der Waals surface area contributed by atoms with Gasteiger partial charge in [0.05, 0.1) is 0 Å². The molecule has 10 heteroatoms. The van der Waals surface area contributed by atoms with Crippen molar-refractivity contribution in [3.8, 4) is 6.01 Å². The SMILES string of the molecule is CCCCCCCCCCCCCCCC(=O)OC[C@H]1O[C@@H]2[C@H](Oc3nc(=N)ccn32)[C@@H]1OC(=O)CCCCCCCCCCCCCCC.Cl. The third-order valence-electron chi connectivity index (χ3n) is 10.3. The average Bonchev–Trinajstić information content (AvgIpc) is 3.62. The fourth-order valence-corrected chi connectivity index (χ4v) is 7.18. The second-order valence-corrected chi connectivity index (χ2v) is 14.8. The maximum absolute atomic E-state index is 13.0. The summed E-state index contributed by atoms with van der Waals surface area (Å²) in [6, 6.07) is 1.83. The predicted octanol–water partition coefficient (Wildman–Crippen LogP) is 10.9. The van der Waals surface area contributed by atoms with Crippen molar-refractivity contribution in [3.05, 3.63) is 17.8 Å². The molecule has 1 N–H and O–H groups in total. The molecule has 4 atom stereocenters. The standard InChI is InChI=1S/C41H71N3O6.ClH/c1-3-5-7-9-11-13-15-17-19-21-23-25-27-29-36(45)47-33-34-38(39-40(48-34)44-32-31-35(42)43-41(44)50-39)49-37(46)30-28-26-24-22-20-18-16-14-12-10-8-6-4-2;/h31-32,34,38-40,42H,3-30,33H2,1-2H3;1H/t34-,38-,39-,40-;/m1./s1. The van der Waals surface area contributed by atoms with Crippen LogP contribution in [-0.2, 0) is 23.8 Å². The molecule has 0 radical (unpaired) electrons. The van der Waals surface area contributed by atoms with Gasteiger partial charge in [-0.1, -0.05) is 168 Å². The third kappa shape index (κ3) is 18.5. The maximum Gasteiger partial charge on any atom is 0.306 e. The van der Waals surface area contributed by atoms with Gasteiger partial charge in [0, 0.05) is 19.0 Å². The van der Waals surface area contributed by atoms with Gasteiger partial charge < -0.3 is 18.9 Å². The van der Waals surface area contributed by atoms with Crippen LogP contribution in [0.4, 0.5) is 0 Å². The zero-order valence-electron chi connectivity index (χ0n) is 32.2. The number of nitrogens with zero attached hydrogens (tertiary/aromatic N) is 2. The Labute approximate surface area is 315 Å². The van der Waals surface area contributed by atoms with E-state index in [1.165, 1.54) is 128 Å². The minimum Gasteiger partial charge on any atom is -0.463 e. The Kier molecular flexibility index (Phi) is 25.1. The van der Waals surface area contributed by atoms with Gasteiger partial charge in [-0.2, -0.15) is 4.98 Å². The van der Waals surface area contributed by atoms with Gasteiger partial charge in [-0.05, 0) is 18.9 Å². The lowest BCUT2D eigenvalue weighted by molar-refractivity contribution is -0.160. The highest BCUT2D eigenvalue weighted by Gasteiger charge is 2.54. The molecule has 294 valence electrons. The van der Waals surface area contributed by atoms with Crippen LogP contribution in [0.2, 0.25) is 0 Å². The van der Waals surface area contributed by atoms with Crippen LogP contribution in [0.1, 0.15) is 200 Å². The quantitative estimate of drug-likeness (QED) is 0.0596. The molecule has 2 aliphatic rings. The average molecular weight is 738 g/mol. The van der Waals surface area contributed by atoms with Gasteiger partial charge in [0.1, 0.15) is 12.7 Å². The fourth-order valence-electron chi connectivity index (χ4n) is 7.18. The molecule has 1 fully saturated rings. The number of hydrogen-bond donors (Lipinski definition) is 1. The number of fused-ring (bicyclic) bond motifs is 3. The molecule has 0 spiro atoms. The highest BCUT2D eigenvalue weighted by molar-refractivity contribution is 5.85. The van der Waals surface area contributed by atoms with Crippen LogP contribution >= 0.6 is 12.4 Å². The van der Waals surface area contributed by atoms with E-state index in [9.17, 15) is 9.59 Å². The van der Waals surface area contributed by atoms with Gasteiger partial charge in [-0.25, -0.2) is 0 Å². The van der Waals surface area contributed by atoms with Crippen molar-refractivity contribution in [2.75, 3.05) is 6.61 Å². The van der Waals surface area contributed by atoms with E-state index in [-0.39, 0.29) is 42.5 Å². The molecule has 0 amide bonds. The number of esters is 2. The first-order valence-corrected chi connectivity index (χ1v) is 20.8. The molecule has 3 rings (SSSR count). The van der Waals surface area contributed by atoms with Gasteiger partial charge in [0.2, 0.25) is 0 Å². The Morgan fingerprint density at radius 3 is 1.59 bits per heavy atom. The lowest BCUT2D eigenvalue weighted by Crippen LogP contribution is -2.40. The summed E-state index contributed by atoms with van der Waals surface area (Å²) in [7, 11) is 0. The van der Waals surface area contributed by atoms with Crippen molar-refractivity contribution in [2.45, 2.75) is 218 Å². The second kappa shape index (κ2) is 28.4. The molecule has 0 bridgehead atoms. The smallest absolute Gasteiger partial charge is 0.306 e. The Morgan fingerprint density at radius 2 is 1.12 bits per heavy atom. The molecule has 1 aromatic rings. The summed E-state index contributed by atoms with van der Waals surface area (Å²) in [4.78, 5) is 29.7. The number of nitrogens with one attached hydrogen (secondary N) is 1. The van der Waals surface area contributed by atoms with Gasteiger partial charge >= 0.3 is 17.9 Å². The van der Waals surface area contributed by atoms with E-state index < -0.39 is 24.5 Å². The molecule has 2 aliphatic heterocycles. The van der Waals surface area contributed by atoms with E-state index in [0.29, 0.717) is 12.8 Å². The summed E-state index contributed by atoms with van der Waals surface area (Å²) < 4.78 is 25.6. The van der Waals surface area contributed by atoms with Gasteiger partial charge in [0.25, 0.3) is 0 Å². The van der Waals surface area contributed by atoms with E-state index in [4.69, 9.17) is 24.4 Å². The van der Waals surface area contributed by atoms with Crippen molar-refractivity contribution < 1.29 is 28.5 Å². The Hall–Kier alpha value is -2.13. The van der Waals surface area contributed by atoms with E-state index >= 15 is 0 Å². The summed E-state index contributed by atoms with van der Waals surface area (Å²) in [5.41, 5.74) is 0.0887. The third-order valence-corrected chi connectivity index (χ3v) is 10.3. The predicted molar refractivity (Wildman–Crippen MR) is 205 cm³/mol. The summed E-state index contributed by atoms with van der Waals surface area (Å²) in [6.45, 7) is 4.53. The largest absolute Gasteiger partial charge is 0.463 e. The molecule has 1 saturated heterocycles. The van der Waals surface area contributed by atoms with Crippen LogP contribution < -0.4 is 10.2 Å². The summed E-state index contributed by atoms with van der Waals surface area (Å²) in [5.74, 6) is -0.537. The molecule has 1 aromatic heterocycles. The number of hydrogen-bond acceptors (Lipinski definition) is 8. The van der Waals surface area contributed by atoms with E-state index in [2.05, 4.69) is 18.8 Å². The Balaban J connectivity index is 0.00000901. The molecular formula is C41H72ClN3O6. The van der Waals surface area contributed by atoms with Gasteiger partial charge in [-0.15, -0.1) is 12.4 Å². The van der Waals surface area contributed by atoms with Crippen molar-refractivity contribution in [3.63, 3.8) is 0 Å². The minimum atomic E-state index is -0.727. The molecule has 9 nitrogen and oxygen atoms in total. The van der Waals surface area contributed by atoms with Crippen LogP contribution in [0.15, 0.2) is 12.3 Å². The van der Waals surface area contributed by atoms with Crippen molar-refractivity contribution in [2.24, 2.45) is 0 Å². The normalized spacial score (nSPS) is 18.9. The van der Waals surface area contributed by atoms with Crippen LogP contribution in [0.25, 0.3) is 0 Å². The number of carbonyl (C=O) groups excluding carboxylic acids is 2. The summed E-state index contributed by atoms with van der Waals surface area (Å²) in [5, 5.41) is 7.84. The first-order valence-electron chi connectivity index (χ1n) is 20.8. The first-order chi connectivity index (χ1) is 24.5. The number of unbranched alkanes of at least 4 members (excludes halogenated alkanes) is 24. The summed E-state index contributed by atoms with van der Waals surface area (Å²) in [6.07, 6.45) is 32.5. The number of rotatable bonds is 31. The van der Waals surface area contributed by atoms with Gasteiger partial charge in [0.15, 0.2) is 23.9 Å². The molecule has 0 unspecified atom stereocenters. The van der Waals surface area contributed by atoms with Crippen molar-refractivity contribution in [1.29, 1.82) is 5.41 Å². The lowest BCUT2D eigenvalue weighted by atomic mass is 10.0. The van der Waals surface area contributed by atoms with Crippen LogP contribution in [0, 0.1) is 5.41 Å². The summed E-state index contributed by atoms with van der Waals surface area (Å²) >= 11 is 0. The molecular weight excluding hydrogens is 666 g/mol. The molecule has 0 aromatic carbocycles. The van der Waals surface area contributed by atoms with Crippen LogP contribution in [0.5, 0.6) is 6.01 Å². The monoisotopic (exact) mass is 738 g/mol. The van der Waals surface area contributed by atoms with Gasteiger partial charge in [-0.3, -0.25) is 19.6 Å². The fraction of sp³-hybridized carbons (Fsp3) is 0.854. The Bertz CT molecular complexity index is 1120. The Morgan fingerprint density at radius 1 is 0.686 bits per heavy atom. The maximum atomic E-state index is 13.0. The van der Waals surface area contributed by atoms with E-state index in [0.717, 1.165) is 38.5 Å². The highest BCUT2D eigenvalue weighted by atomic mass is 35.5. The highest BCUT2D eigenvalue weighted by Crippen LogP contribution is 2.40. The number of aromatic nitrogens is 2. The number of ether oxygens (including phenoxy) is 4. The van der Waals surface area contributed by atoms with E-state index in [1.807, 2.05) is 0 Å². The van der Waals surface area contributed by atoms with Crippen molar-refractivity contribution >= 4 is 24.3 Å². The topological polar surface area (TPSA) is 113 Å². The van der Waals surface area contributed by atoms with Crippen LogP contribution in [-0.4, -0.2) is 46.4 Å². The molecule has 51 heavy (non-hydrogen) atoms. The lowest BCUT2D eigenvalue weighted by Gasteiger charge is -2.22. The molecule has 0 aliphatic carbocycles. The second-order valence-electron chi connectivity index (χ2n) is 14.8. The van der Waals surface area contributed by atoms with E-state index in [1.54, 1.807) is 16.8 Å². The van der Waals surface area contributed by atoms with Crippen molar-refractivity contribution in [1.82, 2.24) is 9.55 Å². The zero-order chi connectivity index (χ0) is 35.7. The number of halogens is 1. The molecule has 3 heterocycles.